The number of anilines is 1. The van der Waals surface area contributed by atoms with E-state index in [-0.39, 0.29) is 15.0 Å². The predicted octanol–water partition coefficient (Wildman–Crippen LogP) is 2.62. The number of nitrogens with one attached hydrogen (secondary N) is 1. The number of nitrogens with zero attached hydrogens (tertiary/aromatic N) is 2. The van der Waals surface area contributed by atoms with Crippen molar-refractivity contribution in [2.24, 2.45) is 0 Å². The molecule has 0 radical (unpaired) electrons. The molecule has 5 heteroatoms. The fraction of sp³-hybridized carbons (Fsp3) is 0.200. The number of hydrogen-bond donors (Lipinski definition) is 2. The summed E-state index contributed by atoms with van der Waals surface area (Å²) < 4.78 is 8.83. The van der Waals surface area contributed by atoms with Gasteiger partial charge in [-0.1, -0.05) is 0 Å². The van der Waals surface area contributed by atoms with Gasteiger partial charge in [0.15, 0.2) is 0 Å². The molecule has 0 amide bonds. The van der Waals surface area contributed by atoms with Crippen LogP contribution in [-0.2, 0) is 6.54 Å². The first kappa shape index (κ1) is 13.2. The first-order valence-electron chi connectivity index (χ1n) is 6.39. The van der Waals surface area contributed by atoms with Crippen LogP contribution in [0, 0.1) is 13.8 Å². The van der Waals surface area contributed by atoms with E-state index in [0.717, 1.165) is 33.4 Å². The maximum atomic E-state index is 9.80. The molecule has 3 aromatic rings. The molecule has 0 aliphatic heterocycles. The van der Waals surface area contributed by atoms with E-state index >= 15 is 0 Å². The van der Waals surface area contributed by atoms with Gasteiger partial charge in [0, 0.05) is 0 Å². The van der Waals surface area contributed by atoms with Gasteiger partial charge in [0.2, 0.25) is 0 Å². The van der Waals surface area contributed by atoms with Crippen molar-refractivity contribution in [2.75, 3.05) is 5.32 Å². The van der Waals surface area contributed by atoms with E-state index in [2.05, 4.69) is 13.3 Å². The van der Waals surface area contributed by atoms with Crippen LogP contribution in [0.2, 0.25) is 0 Å². The molecular weight excluding hydrogens is 317 g/mol. The Kier molecular flexibility index (Phi) is 3.47. The zero-order valence-electron chi connectivity index (χ0n) is 11.3. The molecule has 0 saturated carbocycles. The summed E-state index contributed by atoms with van der Waals surface area (Å²) in [7, 11) is 0. The van der Waals surface area contributed by atoms with E-state index in [9.17, 15) is 5.11 Å². The summed E-state index contributed by atoms with van der Waals surface area (Å²) in [5.41, 5.74) is 5.93. The third kappa shape index (κ3) is 2.42. The molecule has 3 rings (SSSR count). The van der Waals surface area contributed by atoms with E-state index in [1.54, 1.807) is 0 Å². The van der Waals surface area contributed by atoms with E-state index in [4.69, 9.17) is 0 Å². The van der Waals surface area contributed by atoms with Gasteiger partial charge in [-0.2, -0.15) is 0 Å². The molecule has 0 unspecified atom stereocenters. The monoisotopic (exact) mass is 333 g/mol. The van der Waals surface area contributed by atoms with Gasteiger partial charge in [-0.3, -0.25) is 0 Å². The molecule has 1 aromatic heterocycles. The van der Waals surface area contributed by atoms with E-state index in [1.807, 2.05) is 44.2 Å². The number of phenols is 1. The Labute approximate surface area is 123 Å². The second-order valence-corrected chi connectivity index (χ2v) is 5.98. The second kappa shape index (κ2) is 5.27. The predicted molar refractivity (Wildman–Crippen MR) is 81.4 cm³/mol. The second-order valence-electron chi connectivity index (χ2n) is 4.87. The van der Waals surface area contributed by atoms with Gasteiger partial charge in [0.05, 0.1) is 0 Å². The SMILES string of the molecule is Cc1cc(CNc2cccc3n[se]nc23)cc(C)c1O. The number of benzene rings is 2. The van der Waals surface area contributed by atoms with Gasteiger partial charge >= 0.3 is 123 Å². The van der Waals surface area contributed by atoms with Crippen molar-refractivity contribution in [1.82, 2.24) is 7.96 Å². The molecule has 0 aliphatic carbocycles. The summed E-state index contributed by atoms with van der Waals surface area (Å²) in [5, 5.41) is 13.2. The van der Waals surface area contributed by atoms with Crippen LogP contribution in [0.25, 0.3) is 11.0 Å². The van der Waals surface area contributed by atoms with Gasteiger partial charge < -0.3 is 0 Å². The molecule has 1 heterocycles. The fourth-order valence-corrected chi connectivity index (χ4v) is 3.45. The molecular formula is C15H15N3OSe. The molecule has 2 N–H and O–H groups in total. The van der Waals surface area contributed by atoms with Gasteiger partial charge in [-0.05, 0) is 0 Å². The van der Waals surface area contributed by atoms with Crippen molar-refractivity contribution in [3.8, 4) is 5.75 Å². The minimum absolute atomic E-state index is 0.00811. The van der Waals surface area contributed by atoms with Gasteiger partial charge in [0.25, 0.3) is 0 Å². The number of aromatic nitrogens is 2. The van der Waals surface area contributed by atoms with Crippen LogP contribution in [0.4, 0.5) is 5.69 Å². The average Bonchev–Trinajstić information content (AvgIpc) is 2.91. The van der Waals surface area contributed by atoms with Gasteiger partial charge in [-0.25, -0.2) is 0 Å². The van der Waals surface area contributed by atoms with Crippen LogP contribution in [-0.4, -0.2) is 28.0 Å². The van der Waals surface area contributed by atoms with Crippen molar-refractivity contribution in [3.05, 3.63) is 47.0 Å². The Bertz CT molecular complexity index is 744. The van der Waals surface area contributed by atoms with Gasteiger partial charge in [0.1, 0.15) is 0 Å². The number of aryl methyl sites for hydroxylation is 2. The van der Waals surface area contributed by atoms with Crippen LogP contribution in [0.15, 0.2) is 30.3 Å². The summed E-state index contributed by atoms with van der Waals surface area (Å²) in [6, 6.07) is 10.0. The molecule has 2 aromatic carbocycles. The van der Waals surface area contributed by atoms with E-state index in [0.29, 0.717) is 12.3 Å². The number of hydrogen-bond acceptors (Lipinski definition) is 4. The molecule has 0 saturated heterocycles. The van der Waals surface area contributed by atoms with Crippen LogP contribution in [0.3, 0.4) is 0 Å². The number of phenolic OH excluding ortho intramolecular Hbond substituents is 1. The zero-order chi connectivity index (χ0) is 14.1. The third-order valence-corrected chi connectivity index (χ3v) is 4.46. The van der Waals surface area contributed by atoms with E-state index < -0.39 is 0 Å². The fourth-order valence-electron chi connectivity index (χ4n) is 2.29. The summed E-state index contributed by atoms with van der Waals surface area (Å²) in [6.07, 6.45) is 0. The van der Waals surface area contributed by atoms with Gasteiger partial charge in [-0.15, -0.1) is 0 Å². The first-order chi connectivity index (χ1) is 9.65. The first-order valence-corrected chi connectivity index (χ1v) is 7.92. The average molecular weight is 332 g/mol. The summed E-state index contributed by atoms with van der Waals surface area (Å²) in [4.78, 5) is 0. The quantitative estimate of drug-likeness (QED) is 0.724. The van der Waals surface area contributed by atoms with Crippen molar-refractivity contribution >= 4 is 31.7 Å². The van der Waals surface area contributed by atoms with Crippen LogP contribution in [0.5, 0.6) is 5.75 Å². The third-order valence-electron chi connectivity index (χ3n) is 3.32. The summed E-state index contributed by atoms with van der Waals surface area (Å²) in [6.45, 7) is 4.55. The molecule has 0 bridgehead atoms. The zero-order valence-corrected chi connectivity index (χ0v) is 13.1. The molecule has 102 valence electrons. The topological polar surface area (TPSA) is 58.0 Å². The molecule has 4 nitrogen and oxygen atoms in total. The molecule has 0 aliphatic rings. The molecule has 0 fully saturated rings. The Morgan fingerprint density at radius 3 is 2.65 bits per heavy atom. The number of aromatic hydroxyl groups is 1. The van der Waals surface area contributed by atoms with Crippen LogP contribution in [0.1, 0.15) is 16.7 Å². The normalized spacial score (nSPS) is 10.9. The van der Waals surface area contributed by atoms with Crippen molar-refractivity contribution in [1.29, 1.82) is 0 Å². The molecule has 0 spiro atoms. The number of fused-ring (bicyclic) bond motifs is 1. The number of rotatable bonds is 3. The van der Waals surface area contributed by atoms with Crippen molar-refractivity contribution < 1.29 is 5.11 Å². The summed E-state index contributed by atoms with van der Waals surface area (Å²) >= 11 is -0.00811. The Morgan fingerprint density at radius 2 is 1.90 bits per heavy atom. The molecule has 20 heavy (non-hydrogen) atoms. The maximum absolute atomic E-state index is 9.80. The minimum atomic E-state index is -0.00811. The Hall–Kier alpha value is -1.84. The van der Waals surface area contributed by atoms with Crippen LogP contribution < -0.4 is 5.32 Å². The van der Waals surface area contributed by atoms with Crippen LogP contribution >= 0.6 is 0 Å². The van der Waals surface area contributed by atoms with Crippen molar-refractivity contribution in [3.63, 3.8) is 0 Å². The molecule has 0 atom stereocenters. The van der Waals surface area contributed by atoms with Crippen molar-refractivity contribution in [2.45, 2.75) is 20.4 Å². The summed E-state index contributed by atoms with van der Waals surface area (Å²) in [5.74, 6) is 0.380. The van der Waals surface area contributed by atoms with E-state index in [1.165, 1.54) is 0 Å². The Balaban J connectivity index is 1.85. The Morgan fingerprint density at radius 1 is 1.15 bits per heavy atom. The standard InChI is InChI=1S/C15H15N3OSe/c1-9-6-11(7-10(2)15(9)19)8-16-12-4-3-5-13-14(12)18-20-17-13/h3-7,16,19H,8H2,1-2H3.